The number of carbonyl (C=O) groups is 1. The van der Waals surface area contributed by atoms with Gasteiger partial charge >= 0.3 is 5.97 Å². The Bertz CT molecular complexity index is 962. The lowest BCUT2D eigenvalue weighted by Gasteiger charge is -2.08. The molecule has 1 N–H and O–H groups in total. The Hall–Kier alpha value is -3.47. The Balaban J connectivity index is 1.91. The van der Waals surface area contributed by atoms with E-state index in [0.717, 1.165) is 11.1 Å². The number of hydrogen-bond acceptors (Lipinski definition) is 4. The van der Waals surface area contributed by atoms with Crippen LogP contribution in [0.3, 0.4) is 0 Å². The van der Waals surface area contributed by atoms with Gasteiger partial charge in [0.1, 0.15) is 5.69 Å². The van der Waals surface area contributed by atoms with Crippen LogP contribution in [0.5, 0.6) is 11.6 Å². The number of benzene rings is 2. The van der Waals surface area contributed by atoms with Gasteiger partial charge in [-0.3, -0.25) is 0 Å². The predicted molar refractivity (Wildman–Crippen MR) is 89.5 cm³/mol. The van der Waals surface area contributed by atoms with Crippen molar-refractivity contribution >= 4 is 17.4 Å². The highest BCUT2D eigenvalue weighted by atomic mass is 16.5. The monoisotopic (exact) mass is 316 g/mol. The number of carboxylic acid groups (broad SMARTS) is 1. The molecule has 1 aliphatic rings. The molecule has 24 heavy (non-hydrogen) atoms. The number of aliphatic imine (C=N–C) groups is 1. The smallest absolute Gasteiger partial charge is 0.335 e. The van der Waals surface area contributed by atoms with Crippen LogP contribution in [-0.4, -0.2) is 21.8 Å². The Labute approximate surface area is 137 Å². The van der Waals surface area contributed by atoms with E-state index in [1.165, 1.54) is 0 Å². The zero-order valence-corrected chi connectivity index (χ0v) is 12.5. The maximum absolute atomic E-state index is 11.0. The number of rotatable bonds is 2. The first kappa shape index (κ1) is 14.1. The average Bonchev–Trinajstić information content (AvgIpc) is 2.78. The number of carboxylic acids is 1. The number of hydrogen-bond donors (Lipinski definition) is 1. The Kier molecular flexibility index (Phi) is 3.31. The van der Waals surface area contributed by atoms with Gasteiger partial charge in [0.2, 0.25) is 5.88 Å². The maximum atomic E-state index is 11.0. The van der Waals surface area contributed by atoms with Crippen molar-refractivity contribution in [3.8, 4) is 11.6 Å². The molecule has 0 saturated heterocycles. The molecule has 2 heterocycles. The van der Waals surface area contributed by atoms with Crippen LogP contribution in [0.4, 0.5) is 5.69 Å². The molecule has 0 bridgehead atoms. The molecule has 0 unspecified atom stereocenters. The van der Waals surface area contributed by atoms with Gasteiger partial charge in [-0.2, -0.15) is 0 Å². The highest BCUT2D eigenvalue weighted by Gasteiger charge is 2.20. The first-order valence-electron chi connectivity index (χ1n) is 7.37. The van der Waals surface area contributed by atoms with Gasteiger partial charge in [-0.05, 0) is 36.4 Å². The summed E-state index contributed by atoms with van der Waals surface area (Å²) in [7, 11) is 0. The molecule has 0 spiro atoms. The second-order valence-corrected chi connectivity index (χ2v) is 5.27. The lowest BCUT2D eigenvalue weighted by atomic mass is 10.0. The van der Waals surface area contributed by atoms with Crippen LogP contribution < -0.4 is 4.74 Å². The van der Waals surface area contributed by atoms with Crippen molar-refractivity contribution in [1.29, 1.82) is 0 Å². The second kappa shape index (κ2) is 5.62. The molecular formula is C19H12N2O3. The van der Waals surface area contributed by atoms with Gasteiger partial charge in [0.25, 0.3) is 0 Å². The number of ether oxygens (including phenoxy) is 1. The summed E-state index contributed by atoms with van der Waals surface area (Å²) in [5.74, 6) is 0.151. The van der Waals surface area contributed by atoms with Gasteiger partial charge in [-0.1, -0.05) is 24.3 Å². The van der Waals surface area contributed by atoms with Crippen LogP contribution in [0.15, 0.2) is 71.9 Å². The summed E-state index contributed by atoms with van der Waals surface area (Å²) in [6, 6.07) is 17.8. The van der Waals surface area contributed by atoms with E-state index in [1.807, 2.05) is 36.4 Å². The van der Waals surface area contributed by atoms with Crippen molar-refractivity contribution in [3.05, 3.63) is 83.6 Å². The van der Waals surface area contributed by atoms with Gasteiger partial charge in [0.05, 0.1) is 16.8 Å². The molecule has 5 heteroatoms. The van der Waals surface area contributed by atoms with Crippen molar-refractivity contribution in [2.24, 2.45) is 4.99 Å². The third kappa shape index (κ3) is 2.42. The van der Waals surface area contributed by atoms with Gasteiger partial charge in [-0.15, -0.1) is 0 Å². The number of aromatic nitrogens is 1. The maximum Gasteiger partial charge on any atom is 0.335 e. The third-order valence-electron chi connectivity index (χ3n) is 3.74. The number of para-hydroxylation sites is 2. The minimum Gasteiger partial charge on any atom is -0.478 e. The molecule has 0 radical (unpaired) electrons. The summed E-state index contributed by atoms with van der Waals surface area (Å²) >= 11 is 0. The van der Waals surface area contributed by atoms with Gasteiger partial charge in [-0.25, -0.2) is 14.8 Å². The van der Waals surface area contributed by atoms with Gasteiger partial charge in [0.15, 0.2) is 5.75 Å². The predicted octanol–water partition coefficient (Wildman–Crippen LogP) is 4.05. The van der Waals surface area contributed by atoms with Crippen LogP contribution in [-0.2, 0) is 0 Å². The molecule has 0 atom stereocenters. The number of fused-ring (bicyclic) bond motifs is 2. The molecule has 0 fully saturated rings. The largest absolute Gasteiger partial charge is 0.478 e. The minimum absolute atomic E-state index is 0.232. The zero-order valence-electron chi connectivity index (χ0n) is 12.5. The summed E-state index contributed by atoms with van der Waals surface area (Å²) in [6.45, 7) is 0. The molecule has 4 rings (SSSR count). The van der Waals surface area contributed by atoms with Crippen LogP contribution in [0, 0.1) is 0 Å². The molecule has 3 aromatic rings. The van der Waals surface area contributed by atoms with E-state index in [0.29, 0.717) is 23.0 Å². The van der Waals surface area contributed by atoms with Crippen LogP contribution in [0.25, 0.3) is 0 Å². The highest BCUT2D eigenvalue weighted by Crippen LogP contribution is 2.37. The molecule has 2 aromatic carbocycles. The van der Waals surface area contributed by atoms with Gasteiger partial charge < -0.3 is 9.84 Å². The van der Waals surface area contributed by atoms with E-state index < -0.39 is 5.97 Å². The fraction of sp³-hybridized carbons (Fsp3) is 0. The summed E-state index contributed by atoms with van der Waals surface area (Å²) < 4.78 is 5.90. The van der Waals surface area contributed by atoms with E-state index in [2.05, 4.69) is 4.98 Å². The number of aromatic carboxylic acids is 1. The lowest BCUT2D eigenvalue weighted by Crippen LogP contribution is -2.05. The van der Waals surface area contributed by atoms with E-state index in [1.54, 1.807) is 30.5 Å². The average molecular weight is 316 g/mol. The van der Waals surface area contributed by atoms with Crippen molar-refractivity contribution in [2.45, 2.75) is 0 Å². The summed E-state index contributed by atoms with van der Waals surface area (Å²) in [5, 5.41) is 9.06. The van der Waals surface area contributed by atoms with Crippen molar-refractivity contribution in [3.63, 3.8) is 0 Å². The van der Waals surface area contributed by atoms with Gasteiger partial charge in [0, 0.05) is 11.8 Å². The third-order valence-corrected chi connectivity index (χ3v) is 3.74. The van der Waals surface area contributed by atoms with E-state index in [-0.39, 0.29) is 5.56 Å². The number of pyridine rings is 1. The number of nitrogens with zero attached hydrogens (tertiary/aromatic N) is 2. The first-order chi connectivity index (χ1) is 11.7. The second-order valence-electron chi connectivity index (χ2n) is 5.27. The Morgan fingerprint density at radius 2 is 1.75 bits per heavy atom. The zero-order chi connectivity index (χ0) is 16.5. The molecule has 1 aromatic heterocycles. The van der Waals surface area contributed by atoms with Crippen molar-refractivity contribution in [2.75, 3.05) is 0 Å². The van der Waals surface area contributed by atoms with Crippen LogP contribution in [0.1, 0.15) is 21.5 Å². The molecule has 0 aliphatic carbocycles. The SMILES string of the molecule is O=C(O)c1ccc(C2=Nc3ccccc3Oc3ncccc32)cc1. The standard InChI is InChI=1S/C19H12N2O3/c22-19(23)13-9-7-12(8-10-13)17-14-4-3-11-20-18(14)24-16-6-2-1-5-15(16)21-17/h1-11H,(H,22,23). The molecule has 0 amide bonds. The normalized spacial score (nSPS) is 12.2. The molecule has 0 saturated carbocycles. The fourth-order valence-corrected chi connectivity index (χ4v) is 2.56. The van der Waals surface area contributed by atoms with Crippen LogP contribution in [0.2, 0.25) is 0 Å². The first-order valence-corrected chi connectivity index (χ1v) is 7.37. The van der Waals surface area contributed by atoms with Crippen molar-refractivity contribution in [1.82, 2.24) is 4.98 Å². The van der Waals surface area contributed by atoms with E-state index in [4.69, 9.17) is 14.8 Å². The summed E-state index contributed by atoms with van der Waals surface area (Å²) in [6.07, 6.45) is 1.66. The molecule has 5 nitrogen and oxygen atoms in total. The van der Waals surface area contributed by atoms with Crippen molar-refractivity contribution < 1.29 is 14.6 Å². The summed E-state index contributed by atoms with van der Waals surface area (Å²) in [4.78, 5) is 20.1. The molecular weight excluding hydrogens is 304 g/mol. The summed E-state index contributed by atoms with van der Waals surface area (Å²) in [5.41, 5.74) is 3.19. The lowest BCUT2D eigenvalue weighted by molar-refractivity contribution is 0.0697. The Morgan fingerprint density at radius 1 is 0.958 bits per heavy atom. The molecule has 116 valence electrons. The molecule has 1 aliphatic heterocycles. The quantitative estimate of drug-likeness (QED) is 0.605. The van der Waals surface area contributed by atoms with E-state index in [9.17, 15) is 4.79 Å². The van der Waals surface area contributed by atoms with Crippen LogP contribution >= 0.6 is 0 Å². The topological polar surface area (TPSA) is 71.8 Å². The Morgan fingerprint density at radius 3 is 2.54 bits per heavy atom. The minimum atomic E-state index is -0.958. The highest BCUT2D eigenvalue weighted by molar-refractivity contribution is 6.16. The van der Waals surface area contributed by atoms with E-state index >= 15 is 0 Å². The fourth-order valence-electron chi connectivity index (χ4n) is 2.56.